The molecule has 2 aromatic rings. The standard InChI is InChI=1S/C17H27N5O3/c1-3-4-9-25-16-18-11-14-15(20-16)22(17(23)19-14)7-5-6-21-8-10-24-13(2)12-21/h11,13H,3-10,12H2,1-2H3,(H,19,23). The summed E-state index contributed by atoms with van der Waals surface area (Å²) in [5, 5.41) is 0. The zero-order valence-electron chi connectivity index (χ0n) is 15.0. The predicted octanol–water partition coefficient (Wildman–Crippen LogP) is 1.41. The van der Waals surface area contributed by atoms with E-state index in [2.05, 4.69) is 33.7 Å². The molecule has 2 aromatic heterocycles. The molecule has 8 heteroatoms. The lowest BCUT2D eigenvalue weighted by Crippen LogP contribution is -2.41. The highest BCUT2D eigenvalue weighted by molar-refractivity contribution is 5.69. The van der Waals surface area contributed by atoms with Crippen molar-refractivity contribution in [2.45, 2.75) is 45.8 Å². The molecule has 1 aliphatic rings. The summed E-state index contributed by atoms with van der Waals surface area (Å²) in [4.78, 5) is 26.0. The van der Waals surface area contributed by atoms with Crippen LogP contribution >= 0.6 is 0 Å². The highest BCUT2D eigenvalue weighted by Gasteiger charge is 2.16. The fraction of sp³-hybridized carbons (Fsp3) is 0.706. The van der Waals surface area contributed by atoms with Crippen LogP contribution in [-0.2, 0) is 11.3 Å². The van der Waals surface area contributed by atoms with E-state index in [1.165, 1.54) is 0 Å². The Morgan fingerprint density at radius 1 is 1.40 bits per heavy atom. The minimum Gasteiger partial charge on any atom is -0.463 e. The highest BCUT2D eigenvalue weighted by Crippen LogP contribution is 2.12. The normalized spacial score (nSPS) is 18.7. The summed E-state index contributed by atoms with van der Waals surface area (Å²) in [6.45, 7) is 9.02. The van der Waals surface area contributed by atoms with Gasteiger partial charge in [0.2, 0.25) is 0 Å². The van der Waals surface area contributed by atoms with Gasteiger partial charge in [-0.2, -0.15) is 4.98 Å². The van der Waals surface area contributed by atoms with Crippen LogP contribution in [0, 0.1) is 0 Å². The fourth-order valence-electron chi connectivity index (χ4n) is 3.06. The topological polar surface area (TPSA) is 85.3 Å². The van der Waals surface area contributed by atoms with Crippen molar-refractivity contribution < 1.29 is 9.47 Å². The Labute approximate surface area is 147 Å². The van der Waals surface area contributed by atoms with E-state index in [0.29, 0.717) is 30.3 Å². The number of nitrogens with one attached hydrogen (secondary N) is 1. The summed E-state index contributed by atoms with van der Waals surface area (Å²) in [5.41, 5.74) is 1.11. The largest absolute Gasteiger partial charge is 0.463 e. The lowest BCUT2D eigenvalue weighted by Gasteiger charge is -2.30. The molecule has 1 N–H and O–H groups in total. The second-order valence-corrected chi connectivity index (χ2v) is 6.51. The molecule has 1 atom stereocenters. The number of ether oxygens (including phenoxy) is 2. The van der Waals surface area contributed by atoms with E-state index in [1.807, 2.05) is 0 Å². The van der Waals surface area contributed by atoms with Crippen LogP contribution in [0.25, 0.3) is 11.2 Å². The number of unbranched alkanes of at least 4 members (excludes halogenated alkanes) is 1. The molecular weight excluding hydrogens is 322 g/mol. The van der Waals surface area contributed by atoms with E-state index in [-0.39, 0.29) is 11.8 Å². The van der Waals surface area contributed by atoms with Gasteiger partial charge in [-0.1, -0.05) is 13.3 Å². The minimum atomic E-state index is -0.148. The Hall–Kier alpha value is -1.93. The third-order valence-electron chi connectivity index (χ3n) is 4.40. The Bertz CT molecular complexity index is 741. The van der Waals surface area contributed by atoms with Crippen molar-refractivity contribution >= 4 is 11.2 Å². The first-order valence-corrected chi connectivity index (χ1v) is 9.09. The molecule has 0 saturated carbocycles. The van der Waals surface area contributed by atoms with Gasteiger partial charge < -0.3 is 14.5 Å². The lowest BCUT2D eigenvalue weighted by molar-refractivity contribution is -0.0187. The van der Waals surface area contributed by atoms with Crippen molar-refractivity contribution in [3.63, 3.8) is 0 Å². The molecule has 3 rings (SSSR count). The van der Waals surface area contributed by atoms with Crippen molar-refractivity contribution in [3.8, 4) is 6.01 Å². The van der Waals surface area contributed by atoms with Gasteiger partial charge in [0.05, 0.1) is 25.5 Å². The molecule has 3 heterocycles. The van der Waals surface area contributed by atoms with E-state index < -0.39 is 0 Å². The van der Waals surface area contributed by atoms with Crippen LogP contribution in [0.3, 0.4) is 0 Å². The van der Waals surface area contributed by atoms with E-state index in [4.69, 9.17) is 9.47 Å². The zero-order valence-corrected chi connectivity index (χ0v) is 15.0. The van der Waals surface area contributed by atoms with Gasteiger partial charge in [-0.3, -0.25) is 9.47 Å². The monoisotopic (exact) mass is 349 g/mol. The van der Waals surface area contributed by atoms with Gasteiger partial charge in [0.1, 0.15) is 5.52 Å². The van der Waals surface area contributed by atoms with Crippen LogP contribution in [-0.4, -0.2) is 63.4 Å². The minimum absolute atomic E-state index is 0.148. The molecule has 0 aliphatic carbocycles. The number of imidazole rings is 1. The van der Waals surface area contributed by atoms with E-state index >= 15 is 0 Å². The van der Waals surface area contributed by atoms with E-state index in [0.717, 1.165) is 45.5 Å². The summed E-state index contributed by atoms with van der Waals surface area (Å²) in [6.07, 6.45) is 4.79. The molecule has 1 saturated heterocycles. The van der Waals surface area contributed by atoms with Crippen LogP contribution in [0.2, 0.25) is 0 Å². The summed E-state index contributed by atoms with van der Waals surface area (Å²) >= 11 is 0. The number of aryl methyl sites for hydroxylation is 1. The molecule has 138 valence electrons. The maximum Gasteiger partial charge on any atom is 0.327 e. The maximum atomic E-state index is 12.2. The Morgan fingerprint density at radius 3 is 3.08 bits per heavy atom. The smallest absolute Gasteiger partial charge is 0.327 e. The summed E-state index contributed by atoms with van der Waals surface area (Å²) in [5.74, 6) is 0. The number of rotatable bonds is 8. The second kappa shape index (κ2) is 8.44. The third-order valence-corrected chi connectivity index (χ3v) is 4.40. The number of hydrogen-bond donors (Lipinski definition) is 1. The first-order valence-electron chi connectivity index (χ1n) is 9.09. The van der Waals surface area contributed by atoms with Gasteiger partial charge in [-0.25, -0.2) is 9.78 Å². The van der Waals surface area contributed by atoms with E-state index in [1.54, 1.807) is 10.8 Å². The SMILES string of the molecule is CCCCOc1ncc2[nH]c(=O)n(CCCN3CCOC(C)C3)c2n1. The Kier molecular flexibility index (Phi) is 6.04. The molecule has 1 aliphatic heterocycles. The number of aromatic amines is 1. The van der Waals surface area contributed by atoms with Crippen molar-refractivity contribution in [1.82, 2.24) is 24.4 Å². The van der Waals surface area contributed by atoms with Crippen LogP contribution in [0.5, 0.6) is 6.01 Å². The number of aromatic nitrogens is 4. The van der Waals surface area contributed by atoms with Crippen LogP contribution in [0.4, 0.5) is 0 Å². The summed E-state index contributed by atoms with van der Waals surface area (Å²) in [7, 11) is 0. The summed E-state index contributed by atoms with van der Waals surface area (Å²) in [6, 6.07) is 0.329. The molecule has 1 unspecified atom stereocenters. The van der Waals surface area contributed by atoms with Crippen molar-refractivity contribution in [2.75, 3.05) is 32.8 Å². The molecule has 0 aromatic carbocycles. The lowest BCUT2D eigenvalue weighted by atomic mass is 10.3. The first-order chi connectivity index (χ1) is 12.2. The quantitative estimate of drug-likeness (QED) is 0.725. The molecular formula is C17H27N5O3. The number of H-pyrrole nitrogens is 1. The van der Waals surface area contributed by atoms with Crippen LogP contribution in [0.15, 0.2) is 11.0 Å². The number of hydrogen-bond acceptors (Lipinski definition) is 6. The fourth-order valence-corrected chi connectivity index (χ4v) is 3.06. The molecule has 1 fully saturated rings. The first kappa shape index (κ1) is 17.9. The third kappa shape index (κ3) is 4.58. The molecule has 0 amide bonds. The molecule has 0 spiro atoms. The molecule has 0 radical (unpaired) electrons. The zero-order chi connectivity index (χ0) is 17.6. The highest BCUT2D eigenvalue weighted by atomic mass is 16.5. The average molecular weight is 349 g/mol. The summed E-state index contributed by atoms with van der Waals surface area (Å²) < 4.78 is 12.8. The molecule has 0 bridgehead atoms. The van der Waals surface area contributed by atoms with E-state index in [9.17, 15) is 4.79 Å². The van der Waals surface area contributed by atoms with Crippen molar-refractivity contribution in [2.24, 2.45) is 0 Å². The molecule has 25 heavy (non-hydrogen) atoms. The average Bonchev–Trinajstić information content (AvgIpc) is 2.90. The van der Waals surface area contributed by atoms with Gasteiger partial charge in [-0.05, 0) is 19.8 Å². The van der Waals surface area contributed by atoms with Gasteiger partial charge >= 0.3 is 11.7 Å². The number of fused-ring (bicyclic) bond motifs is 1. The van der Waals surface area contributed by atoms with Crippen molar-refractivity contribution in [3.05, 3.63) is 16.7 Å². The van der Waals surface area contributed by atoms with Crippen LogP contribution in [0.1, 0.15) is 33.1 Å². The maximum absolute atomic E-state index is 12.2. The number of nitrogens with zero attached hydrogens (tertiary/aromatic N) is 4. The van der Waals surface area contributed by atoms with Gasteiger partial charge in [0, 0.05) is 26.2 Å². The second-order valence-electron chi connectivity index (χ2n) is 6.51. The van der Waals surface area contributed by atoms with Gasteiger partial charge in [0.25, 0.3) is 0 Å². The van der Waals surface area contributed by atoms with Crippen LogP contribution < -0.4 is 10.4 Å². The Balaban J connectivity index is 1.64. The van der Waals surface area contributed by atoms with Crippen molar-refractivity contribution in [1.29, 1.82) is 0 Å². The van der Waals surface area contributed by atoms with Gasteiger partial charge in [-0.15, -0.1) is 0 Å². The predicted molar refractivity (Wildman–Crippen MR) is 95.0 cm³/mol. The van der Waals surface area contributed by atoms with Gasteiger partial charge in [0.15, 0.2) is 5.65 Å². The molecule has 8 nitrogen and oxygen atoms in total. The Morgan fingerprint density at radius 2 is 2.28 bits per heavy atom. The number of morpholine rings is 1.